The molecule has 2 amide bonds. The van der Waals surface area contributed by atoms with Crippen LogP contribution in [-0.2, 0) is 28.7 Å². The smallest absolute Gasteiger partial charge is 0.425 e. The Balaban J connectivity index is 2.55. The Labute approximate surface area is 109 Å². The lowest BCUT2D eigenvalue weighted by Crippen LogP contribution is -2.35. The van der Waals surface area contributed by atoms with E-state index in [0.29, 0.717) is 5.06 Å². The number of amides is 2. The molecule has 0 aromatic carbocycles. The van der Waals surface area contributed by atoms with Gasteiger partial charge in [-0.2, -0.15) is 0 Å². The van der Waals surface area contributed by atoms with Crippen LogP contribution in [-0.4, -0.2) is 35.3 Å². The Morgan fingerprint density at radius 2 is 1.63 bits per heavy atom. The number of hydroxylamine groups is 2. The van der Waals surface area contributed by atoms with Gasteiger partial charge in [0, 0.05) is 25.7 Å². The number of rotatable bonds is 4. The van der Waals surface area contributed by atoms with E-state index < -0.39 is 30.2 Å². The first-order valence-corrected chi connectivity index (χ1v) is 5.73. The summed E-state index contributed by atoms with van der Waals surface area (Å²) < 4.78 is 9.48. The molecule has 0 N–H and O–H groups in total. The van der Waals surface area contributed by atoms with Gasteiger partial charge in [0.15, 0.2) is 0 Å². The van der Waals surface area contributed by atoms with Crippen LogP contribution in [0.5, 0.6) is 0 Å². The van der Waals surface area contributed by atoms with Crippen molar-refractivity contribution in [2.45, 2.75) is 39.9 Å². The molecule has 1 atom stereocenters. The third kappa shape index (κ3) is 4.23. The van der Waals surface area contributed by atoms with Gasteiger partial charge in [0.05, 0.1) is 0 Å². The highest BCUT2D eigenvalue weighted by Crippen LogP contribution is 2.15. The topological polar surface area (TPSA) is 99.2 Å². The van der Waals surface area contributed by atoms with Crippen molar-refractivity contribution in [3.63, 3.8) is 0 Å². The van der Waals surface area contributed by atoms with Gasteiger partial charge in [-0.1, -0.05) is 18.9 Å². The molecule has 8 nitrogen and oxygen atoms in total. The average molecular weight is 273 g/mol. The van der Waals surface area contributed by atoms with E-state index in [2.05, 4.69) is 4.84 Å². The number of carbonyl (C=O) groups excluding carboxylic acids is 4. The lowest BCUT2D eigenvalue weighted by molar-refractivity contribution is -0.198. The van der Waals surface area contributed by atoms with Gasteiger partial charge in [0.1, 0.15) is 0 Å². The first-order chi connectivity index (χ1) is 8.81. The molecule has 1 heterocycles. The van der Waals surface area contributed by atoms with Crippen LogP contribution in [0.25, 0.3) is 0 Å². The molecule has 0 spiro atoms. The molecule has 1 saturated heterocycles. The van der Waals surface area contributed by atoms with Crippen LogP contribution in [0.1, 0.15) is 33.6 Å². The van der Waals surface area contributed by atoms with Crippen LogP contribution in [0.2, 0.25) is 0 Å². The van der Waals surface area contributed by atoms with Crippen molar-refractivity contribution in [2.24, 2.45) is 5.92 Å². The van der Waals surface area contributed by atoms with Crippen molar-refractivity contribution in [1.29, 1.82) is 0 Å². The van der Waals surface area contributed by atoms with E-state index in [9.17, 15) is 19.2 Å². The maximum atomic E-state index is 11.4. The normalized spacial score (nSPS) is 16.5. The Bertz CT molecular complexity index is 388. The molecule has 19 heavy (non-hydrogen) atoms. The van der Waals surface area contributed by atoms with Crippen molar-refractivity contribution in [2.75, 3.05) is 0 Å². The fourth-order valence-electron chi connectivity index (χ4n) is 1.31. The summed E-state index contributed by atoms with van der Waals surface area (Å²) in [5, 5.41) is 0.355. The molecule has 1 unspecified atom stereocenters. The molecule has 1 rings (SSSR count). The molecule has 0 aromatic heterocycles. The molecule has 1 aliphatic rings. The predicted molar refractivity (Wildman–Crippen MR) is 59.0 cm³/mol. The summed E-state index contributed by atoms with van der Waals surface area (Å²) in [4.78, 5) is 49.1. The zero-order valence-electron chi connectivity index (χ0n) is 10.9. The molecule has 0 saturated carbocycles. The van der Waals surface area contributed by atoms with Crippen LogP contribution in [0, 0.1) is 5.92 Å². The summed E-state index contributed by atoms with van der Waals surface area (Å²) in [7, 11) is 0. The van der Waals surface area contributed by atoms with Crippen molar-refractivity contribution >= 4 is 23.9 Å². The van der Waals surface area contributed by atoms with E-state index in [1.165, 1.54) is 0 Å². The maximum Gasteiger partial charge on any atom is 0.537 e. The fraction of sp³-hybridized carbons (Fsp3) is 0.636. The fourth-order valence-corrected chi connectivity index (χ4v) is 1.31. The second kappa shape index (κ2) is 6.17. The molecule has 0 aliphatic carbocycles. The number of nitrogens with zero attached hydrogens (tertiary/aromatic N) is 1. The molecule has 0 aromatic rings. The van der Waals surface area contributed by atoms with E-state index in [-0.39, 0.29) is 18.8 Å². The lowest BCUT2D eigenvalue weighted by Gasteiger charge is -2.21. The minimum Gasteiger partial charge on any atom is -0.425 e. The van der Waals surface area contributed by atoms with Crippen LogP contribution in [0.15, 0.2) is 0 Å². The largest absolute Gasteiger partial charge is 0.537 e. The Morgan fingerprint density at radius 1 is 1.11 bits per heavy atom. The van der Waals surface area contributed by atoms with Crippen LogP contribution < -0.4 is 0 Å². The van der Waals surface area contributed by atoms with Crippen LogP contribution >= 0.6 is 0 Å². The van der Waals surface area contributed by atoms with Crippen molar-refractivity contribution in [3.8, 4) is 0 Å². The van der Waals surface area contributed by atoms with E-state index in [1.54, 1.807) is 13.8 Å². The molecule has 0 bridgehead atoms. The summed E-state index contributed by atoms with van der Waals surface area (Å²) in [5.41, 5.74) is 0. The standard InChI is InChI=1S/C11H15NO7/c1-6(2)10(17-7(3)13)18-11(16)19-12-8(14)4-5-9(12)15/h6,10H,4-5H2,1-3H3. The summed E-state index contributed by atoms with van der Waals surface area (Å²) in [5.74, 6) is -2.16. The van der Waals surface area contributed by atoms with Crippen molar-refractivity contribution < 1.29 is 33.5 Å². The SMILES string of the molecule is CC(=O)OC(OC(=O)ON1C(=O)CCC1=O)C(C)C. The van der Waals surface area contributed by atoms with Gasteiger partial charge in [0.2, 0.25) is 0 Å². The first-order valence-electron chi connectivity index (χ1n) is 5.73. The maximum absolute atomic E-state index is 11.4. The summed E-state index contributed by atoms with van der Waals surface area (Å²) in [6.07, 6.45) is -2.44. The number of ether oxygens (including phenoxy) is 2. The van der Waals surface area contributed by atoms with Crippen LogP contribution in [0.4, 0.5) is 4.79 Å². The summed E-state index contributed by atoms with van der Waals surface area (Å²) in [6.45, 7) is 4.48. The van der Waals surface area contributed by atoms with Crippen molar-refractivity contribution in [3.05, 3.63) is 0 Å². The van der Waals surface area contributed by atoms with Gasteiger partial charge in [-0.25, -0.2) is 4.79 Å². The number of carbonyl (C=O) groups is 4. The average Bonchev–Trinajstić information content (AvgIpc) is 2.59. The van der Waals surface area contributed by atoms with E-state index in [4.69, 9.17) is 9.47 Å². The molecule has 0 radical (unpaired) electrons. The highest BCUT2D eigenvalue weighted by molar-refractivity contribution is 6.01. The number of hydrogen-bond acceptors (Lipinski definition) is 7. The molecule has 106 valence electrons. The highest BCUT2D eigenvalue weighted by atomic mass is 16.9. The monoisotopic (exact) mass is 273 g/mol. The van der Waals surface area contributed by atoms with Gasteiger partial charge >= 0.3 is 12.1 Å². The molecular weight excluding hydrogens is 258 g/mol. The second-order valence-corrected chi connectivity index (χ2v) is 4.26. The van der Waals surface area contributed by atoms with E-state index >= 15 is 0 Å². The number of imide groups is 1. The Hall–Kier alpha value is -2.12. The third-order valence-corrected chi connectivity index (χ3v) is 2.21. The molecule has 1 fully saturated rings. The Morgan fingerprint density at radius 3 is 2.05 bits per heavy atom. The van der Waals surface area contributed by atoms with Gasteiger partial charge in [-0.05, 0) is 0 Å². The zero-order chi connectivity index (χ0) is 14.6. The summed E-state index contributed by atoms with van der Waals surface area (Å²) >= 11 is 0. The number of hydrogen-bond donors (Lipinski definition) is 0. The van der Waals surface area contributed by atoms with Gasteiger partial charge in [-0.15, -0.1) is 0 Å². The quantitative estimate of drug-likeness (QED) is 0.423. The highest BCUT2D eigenvalue weighted by Gasteiger charge is 2.34. The van der Waals surface area contributed by atoms with Gasteiger partial charge < -0.3 is 9.47 Å². The first kappa shape index (κ1) is 14.9. The molecule has 1 aliphatic heterocycles. The van der Waals surface area contributed by atoms with Gasteiger partial charge in [-0.3, -0.25) is 19.2 Å². The third-order valence-electron chi connectivity index (χ3n) is 2.21. The Kier molecular flexibility index (Phi) is 4.85. The van der Waals surface area contributed by atoms with E-state index in [1.807, 2.05) is 0 Å². The summed E-state index contributed by atoms with van der Waals surface area (Å²) in [6, 6.07) is 0. The van der Waals surface area contributed by atoms with Crippen molar-refractivity contribution in [1.82, 2.24) is 5.06 Å². The minimum absolute atomic E-state index is 0.0102. The predicted octanol–water partition coefficient (Wildman–Crippen LogP) is 0.749. The lowest BCUT2D eigenvalue weighted by atomic mass is 10.2. The zero-order valence-corrected chi connectivity index (χ0v) is 10.9. The van der Waals surface area contributed by atoms with Crippen LogP contribution in [0.3, 0.4) is 0 Å². The number of esters is 1. The second-order valence-electron chi connectivity index (χ2n) is 4.26. The van der Waals surface area contributed by atoms with Gasteiger partial charge in [0.25, 0.3) is 18.1 Å². The van der Waals surface area contributed by atoms with E-state index in [0.717, 1.165) is 6.92 Å². The molecular formula is C11H15NO7. The minimum atomic E-state index is -1.27. The molecule has 8 heteroatoms.